The number of aldehydes is 1. The zero-order chi connectivity index (χ0) is 14.5. The Balaban J connectivity index is 2.77. The van der Waals surface area contributed by atoms with E-state index >= 15 is 0 Å². The number of allylic oxidation sites excluding steroid dienone is 5. The summed E-state index contributed by atoms with van der Waals surface area (Å²) in [6, 6.07) is 0. The summed E-state index contributed by atoms with van der Waals surface area (Å²) in [7, 11) is 0. The molecule has 0 aliphatic heterocycles. The van der Waals surface area contributed by atoms with E-state index in [1.807, 2.05) is 0 Å². The van der Waals surface area contributed by atoms with Gasteiger partial charge in [-0.25, -0.2) is 0 Å². The fraction of sp³-hybridized carbons (Fsp3) is 0.533. The molecule has 0 aromatic heterocycles. The Morgan fingerprint density at radius 2 is 2.05 bits per heavy atom. The van der Waals surface area contributed by atoms with E-state index in [2.05, 4.69) is 6.58 Å². The van der Waals surface area contributed by atoms with Gasteiger partial charge in [-0.1, -0.05) is 30.7 Å². The lowest BCUT2D eigenvalue weighted by molar-refractivity contribution is -0.111. The van der Waals surface area contributed by atoms with Crippen molar-refractivity contribution in [2.75, 3.05) is 0 Å². The topological polar surface area (TPSA) is 17.1 Å². The first kappa shape index (κ1) is 15.7. The van der Waals surface area contributed by atoms with Crippen LogP contribution in [0.15, 0.2) is 36.5 Å². The van der Waals surface area contributed by atoms with Crippen LogP contribution in [0.25, 0.3) is 0 Å². The molecule has 0 saturated heterocycles. The maximum Gasteiger partial charge on any atom is 0.412 e. The third-order valence-corrected chi connectivity index (χ3v) is 3.91. The van der Waals surface area contributed by atoms with Crippen LogP contribution in [-0.2, 0) is 4.79 Å². The number of hydrogen-bond acceptors (Lipinski definition) is 1. The predicted octanol–water partition coefficient (Wildman–Crippen LogP) is 4.61. The van der Waals surface area contributed by atoms with Crippen molar-refractivity contribution < 1.29 is 18.0 Å². The second kappa shape index (κ2) is 6.22. The first-order chi connectivity index (χ1) is 8.85. The van der Waals surface area contributed by atoms with Crippen LogP contribution in [0.4, 0.5) is 13.2 Å². The maximum atomic E-state index is 12.3. The highest BCUT2D eigenvalue weighted by atomic mass is 19.4. The molecule has 0 heterocycles. The summed E-state index contributed by atoms with van der Waals surface area (Å²) < 4.78 is 37.0. The van der Waals surface area contributed by atoms with Crippen LogP contribution in [0.3, 0.4) is 0 Å². The monoisotopic (exact) mass is 272 g/mol. The van der Waals surface area contributed by atoms with Crippen molar-refractivity contribution in [3.05, 3.63) is 36.5 Å². The summed E-state index contributed by atoms with van der Waals surface area (Å²) in [6.45, 7) is 4.77. The van der Waals surface area contributed by atoms with Gasteiger partial charge in [0.05, 0.1) is 0 Å². The summed E-state index contributed by atoms with van der Waals surface area (Å²) in [5.41, 5.74) is -0.760. The Bertz CT molecular complexity index is 387. The molecule has 106 valence electrons. The summed E-state index contributed by atoms with van der Waals surface area (Å²) in [5.74, 6) is -0.0521. The van der Waals surface area contributed by atoms with Crippen LogP contribution >= 0.6 is 0 Å². The SMILES string of the molecule is C=C[C@H](/C=C\C=C(/C)C(F)(F)F)C1(CC=O)CCC1. The van der Waals surface area contributed by atoms with Gasteiger partial charge in [-0.05, 0) is 25.2 Å². The normalized spacial score (nSPS) is 20.9. The lowest BCUT2D eigenvalue weighted by Crippen LogP contribution is -2.36. The molecule has 0 aromatic carbocycles. The van der Waals surface area contributed by atoms with E-state index in [1.165, 1.54) is 6.08 Å². The minimum Gasteiger partial charge on any atom is -0.303 e. The van der Waals surface area contributed by atoms with E-state index in [9.17, 15) is 18.0 Å². The van der Waals surface area contributed by atoms with Crippen molar-refractivity contribution >= 4 is 6.29 Å². The summed E-state index contributed by atoms with van der Waals surface area (Å²) in [5, 5.41) is 0. The van der Waals surface area contributed by atoms with Crippen molar-refractivity contribution in [2.45, 2.75) is 38.8 Å². The number of carbonyl (C=O) groups excluding carboxylic acids is 1. The second-order valence-corrected chi connectivity index (χ2v) is 5.08. The van der Waals surface area contributed by atoms with Gasteiger partial charge in [0.25, 0.3) is 0 Å². The van der Waals surface area contributed by atoms with Crippen LogP contribution in [0.2, 0.25) is 0 Å². The molecule has 1 aliphatic rings. The van der Waals surface area contributed by atoms with E-state index in [4.69, 9.17) is 0 Å². The van der Waals surface area contributed by atoms with Crippen molar-refractivity contribution in [3.63, 3.8) is 0 Å². The number of alkyl halides is 3. The van der Waals surface area contributed by atoms with Crippen LogP contribution in [0, 0.1) is 11.3 Å². The van der Waals surface area contributed by atoms with Gasteiger partial charge >= 0.3 is 6.18 Å². The molecule has 4 heteroatoms. The second-order valence-electron chi connectivity index (χ2n) is 5.08. The molecular weight excluding hydrogens is 253 g/mol. The van der Waals surface area contributed by atoms with Crippen LogP contribution in [0.1, 0.15) is 32.6 Å². The molecule has 1 saturated carbocycles. The highest BCUT2D eigenvalue weighted by Gasteiger charge is 2.41. The van der Waals surface area contributed by atoms with E-state index in [0.29, 0.717) is 6.42 Å². The minimum absolute atomic E-state index is 0.0521. The first-order valence-corrected chi connectivity index (χ1v) is 6.34. The smallest absolute Gasteiger partial charge is 0.303 e. The molecule has 1 atom stereocenters. The molecule has 0 radical (unpaired) electrons. The Labute approximate surface area is 111 Å². The lowest BCUT2D eigenvalue weighted by Gasteiger charge is -2.45. The van der Waals surface area contributed by atoms with E-state index < -0.39 is 11.7 Å². The number of carbonyl (C=O) groups is 1. The summed E-state index contributed by atoms with van der Waals surface area (Å²) in [4.78, 5) is 10.7. The average Bonchev–Trinajstić information content (AvgIpc) is 2.28. The van der Waals surface area contributed by atoms with Crippen LogP contribution < -0.4 is 0 Å². The third-order valence-electron chi connectivity index (χ3n) is 3.91. The molecule has 0 bridgehead atoms. The molecule has 0 spiro atoms. The van der Waals surface area contributed by atoms with E-state index in [0.717, 1.165) is 38.5 Å². The minimum atomic E-state index is -4.29. The third kappa shape index (κ3) is 3.82. The molecule has 0 amide bonds. The summed E-state index contributed by atoms with van der Waals surface area (Å²) in [6.07, 6.45) is 5.86. The maximum absolute atomic E-state index is 12.3. The van der Waals surface area contributed by atoms with Gasteiger partial charge in [-0.3, -0.25) is 0 Å². The Morgan fingerprint density at radius 1 is 1.42 bits per heavy atom. The van der Waals surface area contributed by atoms with E-state index in [-0.39, 0.29) is 11.3 Å². The molecule has 0 unspecified atom stereocenters. The standard InChI is InChI=1S/C15H19F3O/c1-3-13(14(10-11-19)8-5-9-14)7-4-6-12(2)15(16,17)18/h3-4,6-7,11,13H,1,5,8-10H2,2H3/b7-4-,12-6+/t13-/m1/s1. The molecule has 1 nitrogen and oxygen atoms in total. The van der Waals surface area contributed by atoms with E-state index in [1.54, 1.807) is 12.2 Å². The van der Waals surface area contributed by atoms with Crippen LogP contribution in [-0.4, -0.2) is 12.5 Å². The largest absolute Gasteiger partial charge is 0.412 e. The Kier molecular flexibility index (Phi) is 5.15. The van der Waals surface area contributed by atoms with Gasteiger partial charge in [0.15, 0.2) is 0 Å². The highest BCUT2D eigenvalue weighted by molar-refractivity contribution is 5.51. The van der Waals surface area contributed by atoms with Gasteiger partial charge in [-0.15, -0.1) is 6.58 Å². The molecule has 19 heavy (non-hydrogen) atoms. The van der Waals surface area contributed by atoms with Crippen molar-refractivity contribution in [3.8, 4) is 0 Å². The molecule has 1 fully saturated rings. The molecule has 1 aliphatic carbocycles. The van der Waals surface area contributed by atoms with Gasteiger partial charge in [0.1, 0.15) is 6.29 Å². The van der Waals surface area contributed by atoms with Gasteiger partial charge in [0.2, 0.25) is 0 Å². The first-order valence-electron chi connectivity index (χ1n) is 6.34. The highest BCUT2D eigenvalue weighted by Crippen LogP contribution is 2.50. The van der Waals surface area contributed by atoms with Crippen molar-refractivity contribution in [1.82, 2.24) is 0 Å². The Hall–Kier alpha value is -1.32. The number of rotatable bonds is 6. The molecular formula is C15H19F3O. The zero-order valence-electron chi connectivity index (χ0n) is 11.0. The van der Waals surface area contributed by atoms with Crippen LogP contribution in [0.5, 0.6) is 0 Å². The molecule has 0 aromatic rings. The van der Waals surface area contributed by atoms with Gasteiger partial charge in [0, 0.05) is 17.9 Å². The lowest BCUT2D eigenvalue weighted by atomic mass is 9.59. The van der Waals surface area contributed by atoms with Crippen molar-refractivity contribution in [2.24, 2.45) is 11.3 Å². The number of hydrogen-bond donors (Lipinski definition) is 0. The predicted molar refractivity (Wildman–Crippen MR) is 69.6 cm³/mol. The molecule has 0 N–H and O–H groups in total. The fourth-order valence-corrected chi connectivity index (χ4v) is 2.42. The number of halogens is 3. The fourth-order valence-electron chi connectivity index (χ4n) is 2.42. The molecule has 1 rings (SSSR count). The van der Waals surface area contributed by atoms with Gasteiger partial charge in [-0.2, -0.15) is 13.2 Å². The quantitative estimate of drug-likeness (QED) is 0.392. The Morgan fingerprint density at radius 3 is 2.42 bits per heavy atom. The van der Waals surface area contributed by atoms with Gasteiger partial charge < -0.3 is 4.79 Å². The van der Waals surface area contributed by atoms with Crippen molar-refractivity contribution in [1.29, 1.82) is 0 Å². The zero-order valence-corrected chi connectivity index (χ0v) is 11.0. The average molecular weight is 272 g/mol. The summed E-state index contributed by atoms with van der Waals surface area (Å²) >= 11 is 0.